The van der Waals surface area contributed by atoms with Crippen molar-refractivity contribution in [1.29, 1.82) is 0 Å². The average molecular weight is 282 g/mol. The van der Waals surface area contributed by atoms with Crippen LogP contribution in [0.5, 0.6) is 0 Å². The van der Waals surface area contributed by atoms with Gasteiger partial charge in [-0.2, -0.15) is 0 Å². The van der Waals surface area contributed by atoms with E-state index in [-0.39, 0.29) is 24.3 Å². The Morgan fingerprint density at radius 3 is 2.63 bits per heavy atom. The normalized spacial score (nSPS) is 18.4. The van der Waals surface area contributed by atoms with Crippen LogP contribution < -0.4 is 11.1 Å². The number of nitrogens with zero attached hydrogens (tertiary/aromatic N) is 1. The number of carbonyl (C=O) groups excluding carboxylic acids is 2. The third kappa shape index (κ3) is 3.61. The Balaban J connectivity index is 1.82. The number of amides is 2. The molecular formula is C13H16ClN3O2. The first kappa shape index (κ1) is 13.7. The number of rotatable bonds is 4. The van der Waals surface area contributed by atoms with Crippen molar-refractivity contribution in [1.82, 2.24) is 4.90 Å². The van der Waals surface area contributed by atoms with Crippen molar-refractivity contribution < 1.29 is 9.59 Å². The lowest BCUT2D eigenvalue weighted by Crippen LogP contribution is -2.35. The van der Waals surface area contributed by atoms with Gasteiger partial charge in [-0.05, 0) is 30.7 Å². The minimum absolute atomic E-state index is 0.0290. The molecule has 0 spiro atoms. The molecule has 3 N–H and O–H groups in total. The van der Waals surface area contributed by atoms with Crippen LogP contribution >= 0.6 is 11.6 Å². The number of nitrogens with one attached hydrogen (secondary N) is 1. The Labute approximate surface area is 116 Å². The second-order valence-electron chi connectivity index (χ2n) is 4.59. The van der Waals surface area contributed by atoms with E-state index < -0.39 is 0 Å². The molecule has 1 aliphatic heterocycles. The number of benzene rings is 1. The molecule has 0 bridgehead atoms. The minimum atomic E-state index is -0.332. The Kier molecular flexibility index (Phi) is 4.27. The first-order chi connectivity index (χ1) is 9.06. The van der Waals surface area contributed by atoms with E-state index >= 15 is 0 Å². The van der Waals surface area contributed by atoms with E-state index in [1.54, 1.807) is 17.0 Å². The van der Waals surface area contributed by atoms with Crippen LogP contribution in [0.3, 0.4) is 0 Å². The Bertz CT molecular complexity index is 475. The van der Waals surface area contributed by atoms with Gasteiger partial charge in [-0.3, -0.25) is 9.59 Å². The molecule has 2 rings (SSSR count). The largest absolute Gasteiger partial charge is 0.376 e. The molecule has 19 heavy (non-hydrogen) atoms. The molecule has 0 radical (unpaired) electrons. The fraction of sp³-hybridized carbons (Fsp3) is 0.385. The maximum Gasteiger partial charge on any atom is 0.241 e. The summed E-state index contributed by atoms with van der Waals surface area (Å²) in [6.07, 6.45) is 0.655. The second kappa shape index (κ2) is 5.93. The molecule has 0 aliphatic carbocycles. The monoisotopic (exact) mass is 281 g/mol. The summed E-state index contributed by atoms with van der Waals surface area (Å²) < 4.78 is 0. The number of hydrogen-bond donors (Lipinski definition) is 2. The van der Waals surface area contributed by atoms with Crippen LogP contribution in [0.25, 0.3) is 0 Å². The van der Waals surface area contributed by atoms with Crippen molar-refractivity contribution in [2.75, 3.05) is 25.0 Å². The third-order valence-electron chi connectivity index (χ3n) is 3.23. The number of halogens is 1. The summed E-state index contributed by atoms with van der Waals surface area (Å²) in [6, 6.07) is 7.14. The summed E-state index contributed by atoms with van der Waals surface area (Å²) >= 11 is 5.78. The summed E-state index contributed by atoms with van der Waals surface area (Å²) in [5.41, 5.74) is 6.07. The van der Waals surface area contributed by atoms with Crippen LogP contribution in [0.4, 0.5) is 5.69 Å². The van der Waals surface area contributed by atoms with Crippen LogP contribution in [-0.4, -0.2) is 36.3 Å². The van der Waals surface area contributed by atoms with Crippen molar-refractivity contribution in [3.8, 4) is 0 Å². The molecular weight excluding hydrogens is 266 g/mol. The number of carbonyl (C=O) groups is 2. The number of likely N-dealkylation sites (tertiary alicyclic amines) is 1. The fourth-order valence-corrected chi connectivity index (χ4v) is 2.20. The van der Waals surface area contributed by atoms with Crippen molar-refractivity contribution in [2.24, 2.45) is 11.7 Å². The quantitative estimate of drug-likeness (QED) is 0.867. The van der Waals surface area contributed by atoms with Crippen LogP contribution in [0.2, 0.25) is 5.02 Å². The lowest BCUT2D eigenvalue weighted by molar-refractivity contribution is -0.128. The number of nitrogens with two attached hydrogens (primary N) is 1. The van der Waals surface area contributed by atoms with Gasteiger partial charge in [0.25, 0.3) is 0 Å². The highest BCUT2D eigenvalue weighted by molar-refractivity contribution is 6.30. The van der Waals surface area contributed by atoms with Crippen LogP contribution in [0, 0.1) is 5.92 Å². The maximum absolute atomic E-state index is 11.9. The fourth-order valence-electron chi connectivity index (χ4n) is 2.08. The summed E-state index contributed by atoms with van der Waals surface area (Å²) in [6.45, 7) is 1.22. The highest BCUT2D eigenvalue weighted by Crippen LogP contribution is 2.16. The molecule has 0 saturated carbocycles. The highest BCUT2D eigenvalue weighted by Gasteiger charge is 2.29. The van der Waals surface area contributed by atoms with E-state index in [1.165, 1.54) is 0 Å². The molecule has 2 amide bonds. The van der Waals surface area contributed by atoms with Crippen molar-refractivity contribution in [3.05, 3.63) is 29.3 Å². The summed E-state index contributed by atoms with van der Waals surface area (Å²) in [7, 11) is 0. The van der Waals surface area contributed by atoms with Crippen LogP contribution in [0.1, 0.15) is 6.42 Å². The molecule has 6 heteroatoms. The molecule has 1 aliphatic rings. The zero-order chi connectivity index (χ0) is 13.8. The third-order valence-corrected chi connectivity index (χ3v) is 3.48. The Morgan fingerprint density at radius 2 is 2.05 bits per heavy atom. The van der Waals surface area contributed by atoms with Crippen molar-refractivity contribution >= 4 is 29.1 Å². The molecule has 1 fully saturated rings. The lowest BCUT2D eigenvalue weighted by atomic mass is 10.1. The zero-order valence-corrected chi connectivity index (χ0v) is 11.2. The topological polar surface area (TPSA) is 75.4 Å². The Hall–Kier alpha value is -1.75. The second-order valence-corrected chi connectivity index (χ2v) is 5.02. The van der Waals surface area contributed by atoms with Gasteiger partial charge >= 0.3 is 0 Å². The predicted octanol–water partition coefficient (Wildman–Crippen LogP) is 1.09. The van der Waals surface area contributed by atoms with E-state index in [4.69, 9.17) is 17.3 Å². The molecule has 1 saturated heterocycles. The molecule has 102 valence electrons. The van der Waals surface area contributed by atoms with Gasteiger partial charge in [0.05, 0.1) is 12.5 Å². The summed E-state index contributed by atoms with van der Waals surface area (Å²) in [5.74, 6) is -0.570. The number of hydrogen-bond acceptors (Lipinski definition) is 3. The summed E-state index contributed by atoms with van der Waals surface area (Å²) in [5, 5.41) is 3.68. The SMILES string of the molecule is NC(=O)C1CCN(C(=O)CNc2ccc(Cl)cc2)C1. The molecule has 1 aromatic carbocycles. The number of primary amides is 1. The standard InChI is InChI=1S/C13H16ClN3O2/c14-10-1-3-11(4-2-10)16-7-12(18)17-6-5-9(8-17)13(15)19/h1-4,9,16H,5-8H2,(H2,15,19). The first-order valence-corrected chi connectivity index (χ1v) is 6.50. The Morgan fingerprint density at radius 1 is 1.37 bits per heavy atom. The summed E-state index contributed by atoms with van der Waals surface area (Å²) in [4.78, 5) is 24.6. The molecule has 1 unspecified atom stereocenters. The maximum atomic E-state index is 11.9. The van der Waals surface area contributed by atoms with Gasteiger partial charge in [-0.25, -0.2) is 0 Å². The minimum Gasteiger partial charge on any atom is -0.376 e. The molecule has 5 nitrogen and oxygen atoms in total. The lowest BCUT2D eigenvalue weighted by Gasteiger charge is -2.16. The smallest absolute Gasteiger partial charge is 0.241 e. The van der Waals surface area contributed by atoms with E-state index in [9.17, 15) is 9.59 Å². The van der Waals surface area contributed by atoms with Gasteiger partial charge in [-0.15, -0.1) is 0 Å². The van der Waals surface area contributed by atoms with Gasteiger partial charge in [0.2, 0.25) is 11.8 Å². The molecule has 1 heterocycles. The van der Waals surface area contributed by atoms with Gasteiger partial charge < -0.3 is 16.0 Å². The predicted molar refractivity (Wildman–Crippen MR) is 73.8 cm³/mol. The van der Waals surface area contributed by atoms with E-state index in [1.807, 2.05) is 12.1 Å². The number of anilines is 1. The van der Waals surface area contributed by atoms with E-state index in [0.717, 1.165) is 5.69 Å². The van der Waals surface area contributed by atoms with E-state index in [2.05, 4.69) is 5.32 Å². The van der Waals surface area contributed by atoms with Crippen molar-refractivity contribution in [2.45, 2.75) is 6.42 Å². The first-order valence-electron chi connectivity index (χ1n) is 6.13. The molecule has 0 aromatic heterocycles. The molecule has 1 aromatic rings. The highest BCUT2D eigenvalue weighted by atomic mass is 35.5. The average Bonchev–Trinajstić information content (AvgIpc) is 2.87. The van der Waals surface area contributed by atoms with Crippen LogP contribution in [-0.2, 0) is 9.59 Å². The van der Waals surface area contributed by atoms with Gasteiger partial charge in [-0.1, -0.05) is 11.6 Å². The van der Waals surface area contributed by atoms with E-state index in [0.29, 0.717) is 24.5 Å². The van der Waals surface area contributed by atoms with Crippen LogP contribution in [0.15, 0.2) is 24.3 Å². The van der Waals surface area contributed by atoms with Gasteiger partial charge in [0, 0.05) is 23.8 Å². The zero-order valence-electron chi connectivity index (χ0n) is 10.4. The van der Waals surface area contributed by atoms with Gasteiger partial charge in [0.1, 0.15) is 0 Å². The van der Waals surface area contributed by atoms with Crippen molar-refractivity contribution in [3.63, 3.8) is 0 Å². The van der Waals surface area contributed by atoms with Gasteiger partial charge in [0.15, 0.2) is 0 Å². The molecule has 1 atom stereocenters.